The topological polar surface area (TPSA) is 0 Å². The van der Waals surface area contributed by atoms with Gasteiger partial charge in [0, 0.05) is 0 Å². The van der Waals surface area contributed by atoms with Crippen LogP contribution in [-0.2, 0) is 0 Å². The van der Waals surface area contributed by atoms with Gasteiger partial charge in [0.1, 0.15) is 0 Å². The van der Waals surface area contributed by atoms with Crippen LogP contribution >= 0.6 is 11.6 Å². The Hall–Kier alpha value is 0.0300. The summed E-state index contributed by atoms with van der Waals surface area (Å²) in [6.45, 7) is 4.13. The predicted molar refractivity (Wildman–Crippen MR) is 39.4 cm³/mol. The van der Waals surface area contributed by atoms with Crippen LogP contribution in [0.1, 0.15) is 26.7 Å². The third-order valence-electron chi connectivity index (χ3n) is 0.966. The van der Waals surface area contributed by atoms with Crippen LogP contribution < -0.4 is 0 Å². The van der Waals surface area contributed by atoms with Crippen LogP contribution in [0.5, 0.6) is 0 Å². The Morgan fingerprint density at radius 2 is 2.25 bits per heavy atom. The van der Waals surface area contributed by atoms with Crippen molar-refractivity contribution >= 4 is 11.6 Å². The molecule has 1 unspecified atom stereocenters. The summed E-state index contributed by atoms with van der Waals surface area (Å²) in [4.78, 5) is 0. The molecule has 0 fully saturated rings. The summed E-state index contributed by atoms with van der Waals surface area (Å²) in [5.41, 5.74) is 0. The fraction of sp³-hybridized carbons (Fsp3) is 0.714. The van der Waals surface area contributed by atoms with E-state index in [9.17, 15) is 0 Å². The quantitative estimate of drug-likeness (QED) is 0.409. The molecule has 0 N–H and O–H groups in total. The van der Waals surface area contributed by atoms with E-state index in [0.717, 1.165) is 6.42 Å². The first-order valence-electron chi connectivity index (χ1n) is 3.08. The van der Waals surface area contributed by atoms with E-state index in [1.807, 2.05) is 19.1 Å². The summed E-state index contributed by atoms with van der Waals surface area (Å²) in [6.07, 6.45) is 6.27. The minimum Gasteiger partial charge on any atom is -0.118 e. The van der Waals surface area contributed by atoms with Gasteiger partial charge in [-0.25, -0.2) is 0 Å². The van der Waals surface area contributed by atoms with E-state index in [1.54, 1.807) is 0 Å². The summed E-state index contributed by atoms with van der Waals surface area (Å²) in [5.74, 6) is 0. The molecule has 0 aromatic carbocycles. The van der Waals surface area contributed by atoms with Crippen LogP contribution in [0.25, 0.3) is 0 Å². The number of allylic oxidation sites excluding steroid dienone is 2. The highest BCUT2D eigenvalue weighted by atomic mass is 35.5. The summed E-state index contributed by atoms with van der Waals surface area (Å²) in [5, 5.41) is 0.255. The normalized spacial score (nSPS) is 14.9. The lowest BCUT2D eigenvalue weighted by Gasteiger charge is -1.97. The Morgan fingerprint density at radius 3 is 2.62 bits per heavy atom. The van der Waals surface area contributed by atoms with Gasteiger partial charge in [0.25, 0.3) is 0 Å². The number of halogens is 1. The molecule has 0 bridgehead atoms. The Morgan fingerprint density at radius 1 is 1.62 bits per heavy atom. The van der Waals surface area contributed by atoms with E-state index in [0.29, 0.717) is 0 Å². The molecule has 0 radical (unpaired) electrons. The molecule has 0 spiro atoms. The number of alkyl halides is 1. The fourth-order valence-electron chi connectivity index (χ4n) is 0.581. The molecule has 0 aliphatic carbocycles. The van der Waals surface area contributed by atoms with E-state index in [1.165, 1.54) is 6.42 Å². The first-order valence-corrected chi connectivity index (χ1v) is 3.51. The van der Waals surface area contributed by atoms with E-state index >= 15 is 0 Å². The van der Waals surface area contributed by atoms with Crippen molar-refractivity contribution in [1.29, 1.82) is 0 Å². The second kappa shape index (κ2) is 5.17. The summed E-state index contributed by atoms with van der Waals surface area (Å²) < 4.78 is 0. The van der Waals surface area contributed by atoms with Crippen molar-refractivity contribution < 1.29 is 0 Å². The summed E-state index contributed by atoms with van der Waals surface area (Å²) in [6, 6.07) is 0. The number of rotatable bonds is 3. The molecule has 0 amide bonds. The molecule has 1 heteroatoms. The molecule has 0 aliphatic heterocycles. The minimum atomic E-state index is 0.255. The largest absolute Gasteiger partial charge is 0.118 e. The van der Waals surface area contributed by atoms with Crippen LogP contribution in [0.15, 0.2) is 12.2 Å². The molecule has 0 saturated carbocycles. The second-order valence-corrected chi connectivity index (χ2v) is 2.39. The van der Waals surface area contributed by atoms with E-state index < -0.39 is 0 Å². The maximum absolute atomic E-state index is 5.79. The Kier molecular flexibility index (Phi) is 5.19. The first-order chi connectivity index (χ1) is 3.81. The summed E-state index contributed by atoms with van der Waals surface area (Å²) >= 11 is 5.79. The maximum atomic E-state index is 5.79. The zero-order valence-electron chi connectivity index (χ0n) is 5.52. The molecule has 0 aromatic heterocycles. The van der Waals surface area contributed by atoms with Gasteiger partial charge < -0.3 is 0 Å². The van der Waals surface area contributed by atoms with Crippen LogP contribution in [-0.4, -0.2) is 5.38 Å². The van der Waals surface area contributed by atoms with Gasteiger partial charge in [0.15, 0.2) is 0 Å². The van der Waals surface area contributed by atoms with Gasteiger partial charge in [0.2, 0.25) is 0 Å². The van der Waals surface area contributed by atoms with Crippen molar-refractivity contribution in [3.63, 3.8) is 0 Å². The van der Waals surface area contributed by atoms with Gasteiger partial charge in [0.05, 0.1) is 5.38 Å². The van der Waals surface area contributed by atoms with Gasteiger partial charge in [-0.1, -0.05) is 25.5 Å². The van der Waals surface area contributed by atoms with Gasteiger partial charge in [-0.15, -0.1) is 11.6 Å². The zero-order valence-corrected chi connectivity index (χ0v) is 6.28. The standard InChI is InChI=1S/C7H13Cl/c1-3-5-7(8)6-4-2/h3,5,7H,4,6H2,1-2H3/b5-3+. The van der Waals surface area contributed by atoms with Crippen molar-refractivity contribution in [3.05, 3.63) is 12.2 Å². The maximum Gasteiger partial charge on any atom is 0.0515 e. The van der Waals surface area contributed by atoms with Gasteiger partial charge in [-0.05, 0) is 13.3 Å². The molecule has 0 aliphatic rings. The van der Waals surface area contributed by atoms with E-state index in [4.69, 9.17) is 11.6 Å². The molecular formula is C7H13Cl. The first kappa shape index (κ1) is 8.03. The molecule has 0 heterocycles. The lowest BCUT2D eigenvalue weighted by molar-refractivity contribution is 0.820. The molecule has 0 aromatic rings. The fourth-order valence-corrected chi connectivity index (χ4v) is 0.945. The number of hydrogen-bond acceptors (Lipinski definition) is 0. The molecule has 8 heavy (non-hydrogen) atoms. The zero-order chi connectivity index (χ0) is 6.41. The van der Waals surface area contributed by atoms with E-state index in [2.05, 4.69) is 6.92 Å². The molecule has 0 nitrogen and oxygen atoms in total. The van der Waals surface area contributed by atoms with Crippen molar-refractivity contribution in [1.82, 2.24) is 0 Å². The average Bonchev–Trinajstić information content (AvgIpc) is 1.68. The lowest BCUT2D eigenvalue weighted by Crippen LogP contribution is -1.89. The van der Waals surface area contributed by atoms with Crippen LogP contribution in [0.2, 0.25) is 0 Å². The second-order valence-electron chi connectivity index (χ2n) is 1.83. The van der Waals surface area contributed by atoms with Crippen LogP contribution in [0.3, 0.4) is 0 Å². The molecular weight excluding hydrogens is 120 g/mol. The highest BCUT2D eigenvalue weighted by Gasteiger charge is 1.93. The molecule has 0 rings (SSSR count). The third-order valence-corrected chi connectivity index (χ3v) is 1.33. The smallest absolute Gasteiger partial charge is 0.0515 e. The third kappa shape index (κ3) is 4.20. The minimum absolute atomic E-state index is 0.255. The lowest BCUT2D eigenvalue weighted by atomic mass is 10.2. The number of hydrogen-bond donors (Lipinski definition) is 0. The van der Waals surface area contributed by atoms with Crippen molar-refractivity contribution in [2.75, 3.05) is 0 Å². The van der Waals surface area contributed by atoms with Crippen molar-refractivity contribution in [2.24, 2.45) is 0 Å². The average molecular weight is 133 g/mol. The molecule has 0 saturated heterocycles. The molecule has 48 valence electrons. The van der Waals surface area contributed by atoms with Crippen LogP contribution in [0, 0.1) is 0 Å². The van der Waals surface area contributed by atoms with Gasteiger partial charge >= 0.3 is 0 Å². The van der Waals surface area contributed by atoms with Crippen molar-refractivity contribution in [3.8, 4) is 0 Å². The van der Waals surface area contributed by atoms with Crippen LogP contribution in [0.4, 0.5) is 0 Å². The SMILES string of the molecule is C/C=C/C(Cl)CCC. The Bertz CT molecular complexity index is 66.8. The van der Waals surface area contributed by atoms with Gasteiger partial charge in [-0.3, -0.25) is 0 Å². The Balaban J connectivity index is 3.17. The van der Waals surface area contributed by atoms with Crippen molar-refractivity contribution in [2.45, 2.75) is 32.1 Å². The highest BCUT2D eigenvalue weighted by Crippen LogP contribution is 2.05. The highest BCUT2D eigenvalue weighted by molar-refractivity contribution is 6.21. The predicted octanol–water partition coefficient (Wildman–Crippen LogP) is 2.97. The van der Waals surface area contributed by atoms with Gasteiger partial charge in [-0.2, -0.15) is 0 Å². The van der Waals surface area contributed by atoms with E-state index in [-0.39, 0.29) is 5.38 Å². The molecule has 1 atom stereocenters. The monoisotopic (exact) mass is 132 g/mol. The summed E-state index contributed by atoms with van der Waals surface area (Å²) in [7, 11) is 0. The Labute approximate surface area is 56.5 Å².